The standard InChI is InChI=1S/C24H32N6O7S2/c1-25-38(32,33)20-4-2-3-19(9-20)36-15-18(31)12-26-17-11-24(37-14-17)5-7-30(8-6-24)39(34,35)21-10-22-23(27-13-21)29-16-28-22/h2-4,9-10,13,16-18,25-26,31H,5-8,11-12,14-15H2,1H3,(H,27,28,29)/t17-,18+/m1/s1. The summed E-state index contributed by atoms with van der Waals surface area (Å²) in [5.41, 5.74) is 0.631. The average molecular weight is 581 g/mol. The van der Waals surface area contributed by atoms with E-state index >= 15 is 0 Å². The smallest absolute Gasteiger partial charge is 0.244 e. The molecule has 5 rings (SSSR count). The molecule has 0 saturated carbocycles. The van der Waals surface area contributed by atoms with Crippen molar-refractivity contribution >= 4 is 31.2 Å². The van der Waals surface area contributed by atoms with Crippen LogP contribution >= 0.6 is 0 Å². The quantitative estimate of drug-likeness (QED) is 0.259. The van der Waals surface area contributed by atoms with Crippen molar-refractivity contribution in [3.63, 3.8) is 0 Å². The number of nitrogens with zero attached hydrogens (tertiary/aromatic N) is 3. The summed E-state index contributed by atoms with van der Waals surface area (Å²) in [5, 5.41) is 13.7. The van der Waals surface area contributed by atoms with Gasteiger partial charge in [-0.3, -0.25) is 0 Å². The second kappa shape index (κ2) is 11.1. The Hall–Kier alpha value is -2.66. The molecule has 15 heteroatoms. The molecule has 0 unspecified atom stereocenters. The van der Waals surface area contributed by atoms with Gasteiger partial charge >= 0.3 is 0 Å². The van der Waals surface area contributed by atoms with Crippen LogP contribution in [0.1, 0.15) is 19.3 Å². The first kappa shape index (κ1) is 27.9. The first-order chi connectivity index (χ1) is 18.6. The number of sulfonamides is 2. The molecule has 0 radical (unpaired) electrons. The van der Waals surface area contributed by atoms with E-state index in [1.54, 1.807) is 18.2 Å². The van der Waals surface area contributed by atoms with E-state index in [4.69, 9.17) is 9.47 Å². The molecule has 2 fully saturated rings. The highest BCUT2D eigenvalue weighted by molar-refractivity contribution is 7.89. The normalized spacial score (nSPS) is 20.9. The van der Waals surface area contributed by atoms with E-state index in [1.165, 1.54) is 36.0 Å². The Bertz CT molecular complexity index is 1520. The maximum Gasteiger partial charge on any atom is 0.244 e. The van der Waals surface area contributed by atoms with Crippen LogP contribution in [-0.2, 0) is 24.8 Å². The summed E-state index contributed by atoms with van der Waals surface area (Å²) in [4.78, 5) is 11.3. The van der Waals surface area contributed by atoms with E-state index in [2.05, 4.69) is 25.0 Å². The summed E-state index contributed by atoms with van der Waals surface area (Å²) in [6.45, 7) is 1.40. The molecule has 0 aliphatic carbocycles. The number of H-pyrrole nitrogens is 1. The van der Waals surface area contributed by atoms with Gasteiger partial charge in [0.25, 0.3) is 0 Å². The number of aromatic amines is 1. The zero-order valence-corrected chi connectivity index (χ0v) is 23.0. The highest BCUT2D eigenvalue weighted by Crippen LogP contribution is 2.37. The van der Waals surface area contributed by atoms with Gasteiger partial charge in [0.2, 0.25) is 20.0 Å². The van der Waals surface area contributed by atoms with Gasteiger partial charge in [-0.05, 0) is 44.5 Å². The number of nitrogens with one attached hydrogen (secondary N) is 3. The van der Waals surface area contributed by atoms with Crippen molar-refractivity contribution < 1.29 is 31.4 Å². The van der Waals surface area contributed by atoms with Crippen LogP contribution in [-0.4, -0.2) is 98.8 Å². The highest BCUT2D eigenvalue weighted by Gasteiger charge is 2.44. The van der Waals surface area contributed by atoms with Gasteiger partial charge in [-0.25, -0.2) is 31.5 Å². The third-order valence-electron chi connectivity index (χ3n) is 7.20. The molecule has 13 nitrogen and oxygen atoms in total. The molecule has 2 atom stereocenters. The van der Waals surface area contributed by atoms with Gasteiger partial charge in [-0.1, -0.05) is 6.07 Å². The molecule has 3 aromatic rings. The predicted octanol–water partition coefficient (Wildman–Crippen LogP) is 0.208. The van der Waals surface area contributed by atoms with Crippen molar-refractivity contribution in [2.24, 2.45) is 0 Å². The fourth-order valence-corrected chi connectivity index (χ4v) is 7.14. The minimum atomic E-state index is -3.69. The Balaban J connectivity index is 1.08. The lowest BCUT2D eigenvalue weighted by Crippen LogP contribution is -2.47. The molecule has 0 amide bonds. The van der Waals surface area contributed by atoms with Gasteiger partial charge in [0.15, 0.2) is 5.65 Å². The maximum absolute atomic E-state index is 13.2. The summed E-state index contributed by atoms with van der Waals surface area (Å²) in [6, 6.07) is 7.63. The number of aromatic nitrogens is 3. The number of aliphatic hydroxyl groups is 1. The summed E-state index contributed by atoms with van der Waals surface area (Å²) in [6.07, 6.45) is 3.85. The molecule has 1 spiro atoms. The van der Waals surface area contributed by atoms with Gasteiger partial charge in [-0.2, -0.15) is 4.31 Å². The van der Waals surface area contributed by atoms with Crippen molar-refractivity contribution in [3.05, 3.63) is 42.9 Å². The van der Waals surface area contributed by atoms with Crippen LogP contribution in [0.25, 0.3) is 11.2 Å². The number of rotatable bonds is 10. The predicted molar refractivity (Wildman–Crippen MR) is 141 cm³/mol. The minimum absolute atomic E-state index is 0.0129. The molecule has 2 aliphatic rings. The van der Waals surface area contributed by atoms with Gasteiger partial charge < -0.3 is 24.9 Å². The van der Waals surface area contributed by atoms with E-state index in [9.17, 15) is 21.9 Å². The zero-order valence-electron chi connectivity index (χ0n) is 21.4. The fraction of sp³-hybridized carbons (Fsp3) is 0.500. The number of aliphatic hydroxyl groups excluding tert-OH is 1. The largest absolute Gasteiger partial charge is 0.491 e. The lowest BCUT2D eigenvalue weighted by Gasteiger charge is -2.38. The third kappa shape index (κ3) is 6.09. The third-order valence-corrected chi connectivity index (χ3v) is 10.5. The second-order valence-corrected chi connectivity index (χ2v) is 13.6. The first-order valence-electron chi connectivity index (χ1n) is 12.6. The Morgan fingerprint density at radius 2 is 2.00 bits per heavy atom. The lowest BCUT2D eigenvalue weighted by atomic mass is 9.88. The number of piperidine rings is 1. The Morgan fingerprint density at radius 3 is 2.77 bits per heavy atom. The second-order valence-electron chi connectivity index (χ2n) is 9.80. The number of hydrogen-bond donors (Lipinski definition) is 4. The van der Waals surface area contributed by atoms with Crippen LogP contribution < -0.4 is 14.8 Å². The summed E-state index contributed by atoms with van der Waals surface area (Å²) in [5.74, 6) is 0.343. The van der Waals surface area contributed by atoms with Crippen LogP contribution in [0.4, 0.5) is 0 Å². The van der Waals surface area contributed by atoms with E-state index in [0.29, 0.717) is 55.9 Å². The number of benzene rings is 1. The van der Waals surface area contributed by atoms with Crippen LogP contribution in [0.2, 0.25) is 0 Å². The SMILES string of the molecule is CNS(=O)(=O)c1cccc(OC[C@@H](O)CN[C@H]2COC3(CCN(S(=O)(=O)c4cnc5nc[nH]c5c4)CC3)C2)c1. The van der Waals surface area contributed by atoms with Crippen molar-refractivity contribution in [3.8, 4) is 5.75 Å². The first-order valence-corrected chi connectivity index (χ1v) is 15.5. The Kier molecular flexibility index (Phi) is 7.92. The lowest BCUT2D eigenvalue weighted by molar-refractivity contribution is -0.0312. The molecule has 0 bridgehead atoms. The van der Waals surface area contributed by atoms with Gasteiger partial charge in [-0.15, -0.1) is 0 Å². The van der Waals surface area contributed by atoms with Crippen molar-refractivity contribution in [2.45, 2.75) is 46.8 Å². The topological polar surface area (TPSA) is 176 Å². The summed E-state index contributed by atoms with van der Waals surface area (Å²) < 4.78 is 65.7. The van der Waals surface area contributed by atoms with Crippen molar-refractivity contribution in [2.75, 3.05) is 39.9 Å². The molecule has 212 valence electrons. The minimum Gasteiger partial charge on any atom is -0.491 e. The van der Waals surface area contributed by atoms with Crippen LogP contribution in [0.15, 0.2) is 52.6 Å². The number of fused-ring (bicyclic) bond motifs is 1. The molecule has 4 N–H and O–H groups in total. The van der Waals surface area contributed by atoms with Crippen LogP contribution in [0.5, 0.6) is 5.75 Å². The average Bonchev–Trinajstić information content (AvgIpc) is 3.58. The maximum atomic E-state index is 13.2. The molecule has 2 aliphatic heterocycles. The fourth-order valence-electron chi connectivity index (χ4n) is 4.96. The monoisotopic (exact) mass is 580 g/mol. The molecule has 1 aromatic carbocycles. The van der Waals surface area contributed by atoms with Crippen LogP contribution in [0, 0.1) is 0 Å². The molecular weight excluding hydrogens is 548 g/mol. The molecule has 2 aromatic heterocycles. The molecule has 4 heterocycles. The van der Waals surface area contributed by atoms with Gasteiger partial charge in [0, 0.05) is 37.9 Å². The van der Waals surface area contributed by atoms with E-state index in [0.717, 1.165) is 0 Å². The number of ether oxygens (including phenoxy) is 2. The Labute approximate surface area is 227 Å². The van der Waals surface area contributed by atoms with Crippen molar-refractivity contribution in [1.82, 2.24) is 29.3 Å². The summed E-state index contributed by atoms with van der Waals surface area (Å²) in [7, 11) is -5.94. The van der Waals surface area contributed by atoms with Gasteiger partial charge in [0.1, 0.15) is 23.4 Å². The number of pyridine rings is 1. The number of hydrogen-bond acceptors (Lipinski definition) is 10. The van der Waals surface area contributed by atoms with E-state index in [-0.39, 0.29) is 29.0 Å². The molecule has 39 heavy (non-hydrogen) atoms. The van der Waals surface area contributed by atoms with Gasteiger partial charge in [0.05, 0.1) is 28.9 Å². The van der Waals surface area contributed by atoms with Crippen molar-refractivity contribution in [1.29, 1.82) is 0 Å². The van der Waals surface area contributed by atoms with E-state index in [1.807, 2.05) is 0 Å². The highest BCUT2D eigenvalue weighted by atomic mass is 32.2. The zero-order chi connectivity index (χ0) is 27.7. The Morgan fingerprint density at radius 1 is 1.21 bits per heavy atom. The summed E-state index contributed by atoms with van der Waals surface area (Å²) >= 11 is 0. The van der Waals surface area contributed by atoms with Crippen LogP contribution in [0.3, 0.4) is 0 Å². The molecular formula is C24H32N6O7S2. The van der Waals surface area contributed by atoms with E-state index < -0.39 is 31.8 Å². The molecule has 2 saturated heterocycles. The number of imidazole rings is 1.